The molecule has 1 N–H and O–H groups in total. The Morgan fingerprint density at radius 3 is 2.53 bits per heavy atom. The zero-order valence-electron chi connectivity index (χ0n) is 8.91. The van der Waals surface area contributed by atoms with E-state index in [0.29, 0.717) is 16.1 Å². The third-order valence-corrected chi connectivity index (χ3v) is 2.16. The number of carbonyl (C=O) groups is 1. The molecule has 0 aromatic carbocycles. The van der Waals surface area contributed by atoms with E-state index < -0.39 is 5.97 Å². The third-order valence-electron chi connectivity index (χ3n) is 1.75. The molecule has 0 aliphatic carbocycles. The molecule has 0 radical (unpaired) electrons. The summed E-state index contributed by atoms with van der Waals surface area (Å²) in [6, 6.07) is 1.63. The molecule has 0 saturated carbocycles. The zero-order chi connectivity index (χ0) is 11.6. The summed E-state index contributed by atoms with van der Waals surface area (Å²) in [7, 11) is 0. The molecular formula is C10H13BrN2O2. The smallest absolute Gasteiger partial charge is 0.309 e. The van der Waals surface area contributed by atoms with Crippen LogP contribution in [0.25, 0.3) is 0 Å². The standard InChI is InChI=1S/C10H13BrN2O2/c1-10(2,3)9-12-6(5-8(14)15)4-7(11)13-9/h4H,5H2,1-3H3,(H,14,15). The van der Waals surface area contributed by atoms with E-state index in [1.165, 1.54) is 0 Å². The van der Waals surface area contributed by atoms with E-state index in [1.807, 2.05) is 20.8 Å². The van der Waals surface area contributed by atoms with Gasteiger partial charge in [-0.2, -0.15) is 0 Å². The summed E-state index contributed by atoms with van der Waals surface area (Å²) in [5, 5.41) is 8.68. The molecule has 0 atom stereocenters. The minimum Gasteiger partial charge on any atom is -0.481 e. The van der Waals surface area contributed by atoms with E-state index in [0.717, 1.165) is 0 Å². The number of carboxylic acids is 1. The Hall–Kier alpha value is -0.970. The Labute approximate surface area is 96.9 Å². The molecule has 0 fully saturated rings. The molecule has 1 aromatic heterocycles. The average molecular weight is 273 g/mol. The van der Waals surface area contributed by atoms with E-state index in [1.54, 1.807) is 6.07 Å². The highest BCUT2D eigenvalue weighted by molar-refractivity contribution is 9.10. The molecule has 0 aliphatic rings. The summed E-state index contributed by atoms with van der Waals surface area (Å²) in [5.74, 6) is -0.242. The van der Waals surface area contributed by atoms with Gasteiger partial charge in [0.25, 0.3) is 0 Å². The van der Waals surface area contributed by atoms with Gasteiger partial charge in [-0.15, -0.1) is 0 Å². The molecule has 0 amide bonds. The van der Waals surface area contributed by atoms with Crippen LogP contribution in [0, 0.1) is 0 Å². The molecular weight excluding hydrogens is 260 g/mol. The highest BCUT2D eigenvalue weighted by Crippen LogP contribution is 2.20. The van der Waals surface area contributed by atoms with Crippen LogP contribution in [0.3, 0.4) is 0 Å². The van der Waals surface area contributed by atoms with Gasteiger partial charge in [-0.3, -0.25) is 4.79 Å². The van der Waals surface area contributed by atoms with E-state index in [9.17, 15) is 4.79 Å². The van der Waals surface area contributed by atoms with Crippen molar-refractivity contribution < 1.29 is 9.90 Å². The van der Waals surface area contributed by atoms with E-state index in [-0.39, 0.29) is 11.8 Å². The Balaban J connectivity index is 3.11. The quantitative estimate of drug-likeness (QED) is 0.839. The number of aromatic nitrogens is 2. The number of nitrogens with zero attached hydrogens (tertiary/aromatic N) is 2. The molecule has 1 heterocycles. The van der Waals surface area contributed by atoms with Crippen molar-refractivity contribution in [1.29, 1.82) is 0 Å². The van der Waals surface area contributed by atoms with Gasteiger partial charge in [0.15, 0.2) is 0 Å². The second-order valence-electron chi connectivity index (χ2n) is 4.33. The van der Waals surface area contributed by atoms with Gasteiger partial charge in [-0.1, -0.05) is 20.8 Å². The van der Waals surface area contributed by atoms with Gasteiger partial charge in [-0.25, -0.2) is 9.97 Å². The molecule has 15 heavy (non-hydrogen) atoms. The lowest BCUT2D eigenvalue weighted by Crippen LogP contribution is -2.18. The van der Waals surface area contributed by atoms with Gasteiger partial charge >= 0.3 is 5.97 Å². The lowest BCUT2D eigenvalue weighted by atomic mass is 9.95. The number of halogens is 1. The monoisotopic (exact) mass is 272 g/mol. The topological polar surface area (TPSA) is 63.1 Å². The van der Waals surface area contributed by atoms with Crippen LogP contribution in [0.1, 0.15) is 32.3 Å². The third kappa shape index (κ3) is 3.58. The Morgan fingerprint density at radius 2 is 2.07 bits per heavy atom. The molecule has 5 heteroatoms. The van der Waals surface area contributed by atoms with Crippen molar-refractivity contribution in [2.45, 2.75) is 32.6 Å². The number of aliphatic carboxylic acids is 1. The number of rotatable bonds is 2. The van der Waals surface area contributed by atoms with Crippen LogP contribution >= 0.6 is 15.9 Å². The van der Waals surface area contributed by atoms with Crippen LogP contribution in [0.2, 0.25) is 0 Å². The first-order chi connectivity index (χ1) is 6.79. The lowest BCUT2D eigenvalue weighted by Gasteiger charge is -2.17. The van der Waals surface area contributed by atoms with Crippen molar-refractivity contribution in [3.05, 3.63) is 22.2 Å². The van der Waals surface area contributed by atoms with Gasteiger partial charge in [0.2, 0.25) is 0 Å². The summed E-state index contributed by atoms with van der Waals surface area (Å²) >= 11 is 3.25. The van der Waals surface area contributed by atoms with Crippen LogP contribution in [0.5, 0.6) is 0 Å². The molecule has 0 spiro atoms. The molecule has 0 saturated heterocycles. The summed E-state index contributed by atoms with van der Waals surface area (Å²) in [6.07, 6.45) is -0.0792. The summed E-state index contributed by atoms with van der Waals surface area (Å²) in [4.78, 5) is 19.0. The van der Waals surface area contributed by atoms with E-state index >= 15 is 0 Å². The number of hydrogen-bond acceptors (Lipinski definition) is 3. The van der Waals surface area contributed by atoms with Crippen molar-refractivity contribution >= 4 is 21.9 Å². The molecule has 0 unspecified atom stereocenters. The van der Waals surface area contributed by atoms with E-state index in [4.69, 9.17) is 5.11 Å². The fourth-order valence-corrected chi connectivity index (χ4v) is 1.48. The van der Waals surface area contributed by atoms with Crippen LogP contribution in [-0.2, 0) is 16.6 Å². The van der Waals surface area contributed by atoms with Crippen LogP contribution in [0.4, 0.5) is 0 Å². The highest BCUT2D eigenvalue weighted by atomic mass is 79.9. The maximum atomic E-state index is 10.6. The lowest BCUT2D eigenvalue weighted by molar-refractivity contribution is -0.136. The SMILES string of the molecule is CC(C)(C)c1nc(Br)cc(CC(=O)O)n1. The van der Waals surface area contributed by atoms with Crippen molar-refractivity contribution in [1.82, 2.24) is 9.97 Å². The summed E-state index contributed by atoms with van der Waals surface area (Å²) < 4.78 is 0.624. The fourth-order valence-electron chi connectivity index (χ4n) is 1.05. The second-order valence-corrected chi connectivity index (χ2v) is 5.14. The predicted molar refractivity (Wildman–Crippen MR) is 59.8 cm³/mol. The highest BCUT2D eigenvalue weighted by Gasteiger charge is 2.19. The van der Waals surface area contributed by atoms with Crippen LogP contribution < -0.4 is 0 Å². The van der Waals surface area contributed by atoms with E-state index in [2.05, 4.69) is 25.9 Å². The van der Waals surface area contributed by atoms with Gasteiger partial charge < -0.3 is 5.11 Å². The Kier molecular flexibility index (Phi) is 3.44. The Bertz CT molecular complexity index is 385. The van der Waals surface area contributed by atoms with Gasteiger partial charge in [0.05, 0.1) is 12.1 Å². The fraction of sp³-hybridized carbons (Fsp3) is 0.500. The first-order valence-electron chi connectivity index (χ1n) is 4.55. The zero-order valence-corrected chi connectivity index (χ0v) is 10.5. The van der Waals surface area contributed by atoms with Crippen molar-refractivity contribution in [3.63, 3.8) is 0 Å². The van der Waals surface area contributed by atoms with Gasteiger partial charge in [-0.05, 0) is 22.0 Å². The van der Waals surface area contributed by atoms with Crippen molar-refractivity contribution in [2.75, 3.05) is 0 Å². The summed E-state index contributed by atoms with van der Waals surface area (Å²) in [6.45, 7) is 5.96. The van der Waals surface area contributed by atoms with Gasteiger partial charge in [0.1, 0.15) is 10.4 Å². The normalized spacial score (nSPS) is 11.5. The minimum absolute atomic E-state index is 0.0792. The van der Waals surface area contributed by atoms with Crippen molar-refractivity contribution in [3.8, 4) is 0 Å². The maximum Gasteiger partial charge on any atom is 0.309 e. The number of carboxylic acid groups (broad SMARTS) is 1. The van der Waals surface area contributed by atoms with Crippen LogP contribution in [0.15, 0.2) is 10.7 Å². The summed E-state index contributed by atoms with van der Waals surface area (Å²) in [5.41, 5.74) is 0.339. The Morgan fingerprint density at radius 1 is 1.47 bits per heavy atom. The minimum atomic E-state index is -0.888. The molecule has 0 bridgehead atoms. The molecule has 0 aliphatic heterocycles. The molecule has 82 valence electrons. The molecule has 1 aromatic rings. The first kappa shape index (κ1) is 12.1. The average Bonchev–Trinajstić information content (AvgIpc) is 1.99. The molecule has 4 nitrogen and oxygen atoms in total. The molecule has 1 rings (SSSR count). The maximum absolute atomic E-state index is 10.6. The second kappa shape index (κ2) is 4.26. The van der Waals surface area contributed by atoms with Crippen molar-refractivity contribution in [2.24, 2.45) is 0 Å². The first-order valence-corrected chi connectivity index (χ1v) is 5.34. The number of hydrogen-bond donors (Lipinski definition) is 1. The largest absolute Gasteiger partial charge is 0.481 e. The predicted octanol–water partition coefficient (Wildman–Crippen LogP) is 2.16. The van der Waals surface area contributed by atoms with Crippen LogP contribution in [-0.4, -0.2) is 21.0 Å². The van der Waals surface area contributed by atoms with Gasteiger partial charge in [0, 0.05) is 5.41 Å².